The summed E-state index contributed by atoms with van der Waals surface area (Å²) in [6.45, 7) is 3.99. The van der Waals surface area contributed by atoms with Gasteiger partial charge in [-0.25, -0.2) is 4.98 Å². The van der Waals surface area contributed by atoms with Gasteiger partial charge in [0.15, 0.2) is 0 Å². The number of ether oxygens (including phenoxy) is 1. The molecular weight excluding hydrogens is 420 g/mol. The lowest BCUT2D eigenvalue weighted by molar-refractivity contribution is 0.102. The lowest BCUT2D eigenvalue weighted by atomic mass is 10.1. The maximum atomic E-state index is 12.7. The molecule has 0 radical (unpaired) electrons. The standard InChI is InChI=1S/C22H18N2O2S.O2S/c1-14-3-6-17(7-4-14)26-19-11-16(12-20-18(19)9-10-27-20)22(25)24-21-8-5-15(2)13-23-21;1-3-2/h3-13H,1-2H3,(H,23,24,25);. The highest BCUT2D eigenvalue weighted by Crippen LogP contribution is 2.34. The molecule has 2 aromatic carbocycles. The average molecular weight is 439 g/mol. The number of hydrogen-bond donors (Lipinski definition) is 1. The number of carbonyl (C=O) groups is 1. The smallest absolute Gasteiger partial charge is 0.335 e. The van der Waals surface area contributed by atoms with E-state index >= 15 is 0 Å². The third-order valence-corrected chi connectivity index (χ3v) is 5.06. The van der Waals surface area contributed by atoms with E-state index < -0.39 is 11.6 Å². The molecule has 6 nitrogen and oxygen atoms in total. The van der Waals surface area contributed by atoms with E-state index in [1.807, 2.05) is 61.7 Å². The summed E-state index contributed by atoms with van der Waals surface area (Å²) in [7, 11) is 0. The molecule has 0 unspecified atom stereocenters. The van der Waals surface area contributed by atoms with Crippen molar-refractivity contribution < 1.29 is 17.9 Å². The van der Waals surface area contributed by atoms with Gasteiger partial charge in [0.25, 0.3) is 5.91 Å². The quantitative estimate of drug-likeness (QED) is 0.468. The van der Waals surface area contributed by atoms with Crippen molar-refractivity contribution in [2.24, 2.45) is 0 Å². The Morgan fingerprint density at radius 1 is 1.00 bits per heavy atom. The molecule has 0 bridgehead atoms. The number of pyridine rings is 1. The maximum Gasteiger partial charge on any atom is 0.335 e. The molecule has 152 valence electrons. The minimum atomic E-state index is -0.750. The lowest BCUT2D eigenvalue weighted by Crippen LogP contribution is -2.13. The molecule has 1 N–H and O–H groups in total. The first-order valence-electron chi connectivity index (χ1n) is 8.91. The first kappa shape index (κ1) is 21.4. The predicted octanol–water partition coefficient (Wildman–Crippen LogP) is 5.29. The molecule has 2 heterocycles. The van der Waals surface area contributed by atoms with Crippen molar-refractivity contribution in [2.45, 2.75) is 13.8 Å². The monoisotopic (exact) mass is 438 g/mol. The second kappa shape index (κ2) is 9.91. The van der Waals surface area contributed by atoms with Crippen molar-refractivity contribution in [1.82, 2.24) is 4.98 Å². The normalized spacial score (nSPS) is 10.1. The molecule has 0 aliphatic carbocycles. The van der Waals surface area contributed by atoms with Gasteiger partial charge in [-0.2, -0.15) is 8.42 Å². The second-order valence-electron chi connectivity index (χ2n) is 6.46. The number of rotatable bonds is 4. The SMILES string of the molecule is Cc1ccc(Oc2cc(C(=O)Nc3ccc(C)cn3)cc3sccc23)cc1.O=S=O. The van der Waals surface area contributed by atoms with Crippen LogP contribution in [0.5, 0.6) is 11.5 Å². The first-order chi connectivity index (χ1) is 14.5. The number of thiophene rings is 1. The molecule has 0 aliphatic heterocycles. The van der Waals surface area contributed by atoms with Crippen molar-refractivity contribution >= 4 is 44.7 Å². The van der Waals surface area contributed by atoms with Crippen molar-refractivity contribution in [1.29, 1.82) is 0 Å². The number of anilines is 1. The Hall–Kier alpha value is -3.36. The number of benzene rings is 2. The zero-order valence-corrected chi connectivity index (χ0v) is 17.9. The Bertz CT molecular complexity index is 1200. The topological polar surface area (TPSA) is 85.4 Å². The molecule has 4 rings (SSSR count). The van der Waals surface area contributed by atoms with Crippen LogP contribution in [0.15, 0.2) is 66.2 Å². The molecule has 30 heavy (non-hydrogen) atoms. The fourth-order valence-corrected chi connectivity index (χ4v) is 3.56. The number of carbonyl (C=O) groups excluding carboxylic acids is 1. The Morgan fingerprint density at radius 2 is 1.70 bits per heavy atom. The number of amides is 1. The van der Waals surface area contributed by atoms with Crippen LogP contribution in [0.4, 0.5) is 5.82 Å². The van der Waals surface area contributed by atoms with Gasteiger partial charge in [0.1, 0.15) is 17.3 Å². The highest BCUT2D eigenvalue weighted by atomic mass is 32.1. The third kappa shape index (κ3) is 5.37. The number of aromatic nitrogens is 1. The number of nitrogens with zero attached hydrogens (tertiary/aromatic N) is 1. The molecular formula is C22H18N2O4S2. The highest BCUT2D eigenvalue weighted by molar-refractivity contribution is 7.51. The maximum absolute atomic E-state index is 12.7. The minimum absolute atomic E-state index is 0.213. The van der Waals surface area contributed by atoms with Gasteiger partial charge < -0.3 is 10.1 Å². The van der Waals surface area contributed by atoms with E-state index in [0.717, 1.165) is 21.4 Å². The summed E-state index contributed by atoms with van der Waals surface area (Å²) < 4.78 is 23.7. The fraction of sp³-hybridized carbons (Fsp3) is 0.0909. The Morgan fingerprint density at radius 3 is 2.37 bits per heavy atom. The third-order valence-electron chi connectivity index (χ3n) is 4.20. The van der Waals surface area contributed by atoms with Crippen LogP contribution >= 0.6 is 11.3 Å². The van der Waals surface area contributed by atoms with Crippen LogP contribution in [-0.4, -0.2) is 19.3 Å². The van der Waals surface area contributed by atoms with Gasteiger partial charge in [0, 0.05) is 21.8 Å². The van der Waals surface area contributed by atoms with Crippen LogP contribution < -0.4 is 10.1 Å². The zero-order chi connectivity index (χ0) is 21.5. The molecule has 0 spiro atoms. The van der Waals surface area contributed by atoms with E-state index in [1.165, 1.54) is 5.56 Å². The van der Waals surface area contributed by atoms with Crippen LogP contribution in [0.2, 0.25) is 0 Å². The predicted molar refractivity (Wildman–Crippen MR) is 119 cm³/mol. The van der Waals surface area contributed by atoms with E-state index in [9.17, 15) is 4.79 Å². The Balaban J connectivity index is 0.000000806. The molecule has 0 saturated heterocycles. The minimum Gasteiger partial charge on any atom is -0.457 e. The number of hydrogen-bond acceptors (Lipinski definition) is 6. The van der Waals surface area contributed by atoms with Crippen molar-refractivity contribution in [3.05, 3.63) is 82.9 Å². The van der Waals surface area contributed by atoms with Gasteiger partial charge in [-0.1, -0.05) is 23.8 Å². The van der Waals surface area contributed by atoms with Crippen LogP contribution in [0, 0.1) is 13.8 Å². The Kier molecular flexibility index (Phi) is 7.05. The van der Waals surface area contributed by atoms with Crippen LogP contribution in [0.1, 0.15) is 21.5 Å². The van der Waals surface area contributed by atoms with Crippen LogP contribution in [0.3, 0.4) is 0 Å². The summed E-state index contributed by atoms with van der Waals surface area (Å²) in [6, 6.07) is 17.2. The molecule has 0 fully saturated rings. The summed E-state index contributed by atoms with van der Waals surface area (Å²) >= 11 is 0.829. The largest absolute Gasteiger partial charge is 0.457 e. The van der Waals surface area contributed by atoms with Crippen molar-refractivity contribution in [2.75, 3.05) is 5.32 Å². The van der Waals surface area contributed by atoms with E-state index in [-0.39, 0.29) is 5.91 Å². The molecule has 4 aromatic rings. The fourth-order valence-electron chi connectivity index (χ4n) is 2.72. The molecule has 0 aliphatic rings. The molecule has 8 heteroatoms. The van der Waals surface area contributed by atoms with Gasteiger partial charge in [0.05, 0.1) is 0 Å². The molecule has 0 atom stereocenters. The van der Waals surface area contributed by atoms with Crippen LogP contribution in [0.25, 0.3) is 10.1 Å². The van der Waals surface area contributed by atoms with Gasteiger partial charge in [-0.15, -0.1) is 11.3 Å². The van der Waals surface area contributed by atoms with Gasteiger partial charge in [-0.05, 0) is 61.2 Å². The van der Waals surface area contributed by atoms with Gasteiger partial charge in [-0.3, -0.25) is 4.79 Å². The van der Waals surface area contributed by atoms with Crippen molar-refractivity contribution in [3.8, 4) is 11.5 Å². The van der Waals surface area contributed by atoms with Crippen molar-refractivity contribution in [3.63, 3.8) is 0 Å². The highest BCUT2D eigenvalue weighted by Gasteiger charge is 2.13. The van der Waals surface area contributed by atoms with E-state index in [1.54, 1.807) is 29.7 Å². The van der Waals surface area contributed by atoms with E-state index in [0.29, 0.717) is 17.1 Å². The van der Waals surface area contributed by atoms with E-state index in [4.69, 9.17) is 13.2 Å². The Labute approximate surface area is 181 Å². The molecule has 0 saturated carbocycles. The summed E-state index contributed by atoms with van der Waals surface area (Å²) in [4.78, 5) is 16.9. The number of aryl methyl sites for hydroxylation is 2. The number of fused-ring (bicyclic) bond motifs is 1. The van der Waals surface area contributed by atoms with E-state index in [2.05, 4.69) is 10.3 Å². The van der Waals surface area contributed by atoms with Crippen LogP contribution in [-0.2, 0) is 11.6 Å². The van der Waals surface area contributed by atoms with Gasteiger partial charge >= 0.3 is 11.6 Å². The average Bonchev–Trinajstić information content (AvgIpc) is 3.21. The summed E-state index contributed by atoms with van der Waals surface area (Å²) in [5.41, 5.74) is 2.75. The molecule has 1 amide bonds. The first-order valence-corrected chi connectivity index (χ1v) is 10.5. The number of nitrogens with one attached hydrogen (secondary N) is 1. The zero-order valence-electron chi connectivity index (χ0n) is 16.2. The molecule has 2 aromatic heterocycles. The summed E-state index contributed by atoms with van der Waals surface area (Å²) in [6.07, 6.45) is 1.73. The van der Waals surface area contributed by atoms with Gasteiger partial charge in [0.2, 0.25) is 0 Å². The summed E-state index contributed by atoms with van der Waals surface area (Å²) in [5.74, 6) is 1.72. The lowest BCUT2D eigenvalue weighted by Gasteiger charge is -2.10. The summed E-state index contributed by atoms with van der Waals surface area (Å²) in [5, 5.41) is 5.83. The second-order valence-corrected chi connectivity index (χ2v) is 7.55.